The summed E-state index contributed by atoms with van der Waals surface area (Å²) >= 11 is 0. The van der Waals surface area contributed by atoms with Gasteiger partial charge in [-0.2, -0.15) is 5.10 Å². The van der Waals surface area contributed by atoms with Crippen LogP contribution in [-0.2, 0) is 14.4 Å². The highest BCUT2D eigenvalue weighted by atomic mass is 16.2. The first kappa shape index (κ1) is 16.0. The van der Waals surface area contributed by atoms with Crippen molar-refractivity contribution in [3.8, 4) is 0 Å². The zero-order chi connectivity index (χ0) is 16.2. The number of nitrogens with zero attached hydrogens (tertiary/aromatic N) is 2. The van der Waals surface area contributed by atoms with E-state index < -0.39 is 0 Å². The molecule has 7 nitrogen and oxygen atoms in total. The Labute approximate surface area is 135 Å². The lowest BCUT2D eigenvalue weighted by atomic mass is 10.0. The van der Waals surface area contributed by atoms with Crippen LogP contribution in [-0.4, -0.2) is 47.5 Å². The van der Waals surface area contributed by atoms with E-state index in [-0.39, 0.29) is 23.8 Å². The summed E-state index contributed by atoms with van der Waals surface area (Å²) in [5.41, 5.74) is 2.72. The predicted molar refractivity (Wildman–Crippen MR) is 84.5 cm³/mol. The second-order valence-electron chi connectivity index (χ2n) is 6.65. The van der Waals surface area contributed by atoms with Crippen molar-refractivity contribution < 1.29 is 14.4 Å². The Morgan fingerprint density at radius 2 is 1.78 bits per heavy atom. The molecule has 2 N–H and O–H groups in total. The molecule has 0 aromatic heterocycles. The van der Waals surface area contributed by atoms with Crippen LogP contribution >= 0.6 is 0 Å². The van der Waals surface area contributed by atoms with Crippen molar-refractivity contribution in [1.29, 1.82) is 0 Å². The van der Waals surface area contributed by atoms with Gasteiger partial charge < -0.3 is 10.2 Å². The smallest absolute Gasteiger partial charge is 0.267 e. The zero-order valence-electron chi connectivity index (χ0n) is 13.3. The van der Waals surface area contributed by atoms with E-state index in [1.54, 1.807) is 0 Å². The van der Waals surface area contributed by atoms with E-state index in [9.17, 15) is 14.4 Å². The van der Waals surface area contributed by atoms with Crippen LogP contribution in [0, 0.1) is 5.92 Å². The maximum Gasteiger partial charge on any atom is 0.267 e. The van der Waals surface area contributed by atoms with Gasteiger partial charge >= 0.3 is 0 Å². The highest BCUT2D eigenvalue weighted by Gasteiger charge is 2.31. The Morgan fingerprint density at radius 1 is 1.09 bits per heavy atom. The van der Waals surface area contributed by atoms with Crippen molar-refractivity contribution in [3.63, 3.8) is 0 Å². The Morgan fingerprint density at radius 3 is 2.39 bits per heavy atom. The van der Waals surface area contributed by atoms with Gasteiger partial charge in [-0.05, 0) is 25.7 Å². The Bertz CT molecular complexity index is 517. The number of nitrogens with one attached hydrogen (secondary N) is 2. The van der Waals surface area contributed by atoms with E-state index in [1.807, 2.05) is 4.90 Å². The fourth-order valence-electron chi connectivity index (χ4n) is 3.58. The van der Waals surface area contributed by atoms with Crippen molar-refractivity contribution in [3.05, 3.63) is 0 Å². The monoisotopic (exact) mass is 320 g/mol. The summed E-state index contributed by atoms with van der Waals surface area (Å²) < 4.78 is 0. The van der Waals surface area contributed by atoms with Crippen LogP contribution in [0.4, 0.5) is 0 Å². The highest BCUT2D eigenvalue weighted by molar-refractivity contribution is 6.39. The standard InChI is InChI=1S/C16H24N4O3/c21-14-6-5-13(18-19-14)15(22)17-12-7-9-20(10-8-12)16(23)11-3-1-2-4-11/h11-12H,1-10H2,(H,17,22)(H,19,21). The van der Waals surface area contributed by atoms with Crippen molar-refractivity contribution in [2.24, 2.45) is 11.0 Å². The second kappa shape index (κ2) is 7.10. The number of hydrogen-bond acceptors (Lipinski definition) is 4. The Hall–Kier alpha value is -1.92. The molecular weight excluding hydrogens is 296 g/mol. The van der Waals surface area contributed by atoms with Crippen molar-refractivity contribution >= 4 is 23.4 Å². The summed E-state index contributed by atoms with van der Waals surface area (Å²) in [5, 5.41) is 6.79. The molecule has 3 rings (SSSR count). The molecule has 0 aromatic rings. The molecule has 126 valence electrons. The SMILES string of the molecule is O=C1CCC(C(=O)NC2CCN(C(=O)C3CCCC3)CC2)=NN1. The third kappa shape index (κ3) is 3.89. The van der Waals surface area contributed by atoms with E-state index in [4.69, 9.17) is 0 Å². The van der Waals surface area contributed by atoms with E-state index >= 15 is 0 Å². The van der Waals surface area contributed by atoms with Gasteiger partial charge in [0.05, 0.1) is 0 Å². The summed E-state index contributed by atoms with van der Waals surface area (Å²) in [7, 11) is 0. The normalized spacial score (nSPS) is 23.4. The first-order valence-electron chi connectivity index (χ1n) is 8.58. The largest absolute Gasteiger partial charge is 0.348 e. The van der Waals surface area contributed by atoms with E-state index in [0.29, 0.717) is 37.6 Å². The minimum atomic E-state index is -0.203. The first-order chi connectivity index (χ1) is 11.1. The number of carbonyl (C=O) groups excluding carboxylic acids is 3. The van der Waals surface area contributed by atoms with Crippen molar-refractivity contribution in [1.82, 2.24) is 15.6 Å². The number of carbonyl (C=O) groups is 3. The first-order valence-corrected chi connectivity index (χ1v) is 8.58. The van der Waals surface area contributed by atoms with Gasteiger partial charge in [-0.3, -0.25) is 14.4 Å². The number of rotatable bonds is 3. The lowest BCUT2D eigenvalue weighted by Gasteiger charge is -2.34. The molecule has 0 atom stereocenters. The molecule has 1 saturated heterocycles. The van der Waals surface area contributed by atoms with Crippen LogP contribution in [0.5, 0.6) is 0 Å². The molecule has 3 amide bonds. The molecule has 1 aliphatic carbocycles. The molecule has 7 heteroatoms. The molecule has 0 unspecified atom stereocenters. The van der Waals surface area contributed by atoms with Crippen LogP contribution in [0.2, 0.25) is 0 Å². The maximum atomic E-state index is 12.4. The molecule has 1 saturated carbocycles. The van der Waals surface area contributed by atoms with E-state index in [2.05, 4.69) is 15.8 Å². The van der Waals surface area contributed by atoms with Crippen LogP contribution in [0.25, 0.3) is 0 Å². The molecule has 2 heterocycles. The molecule has 0 aromatic carbocycles. The molecule has 23 heavy (non-hydrogen) atoms. The van der Waals surface area contributed by atoms with Gasteiger partial charge in [0.15, 0.2) is 0 Å². The number of piperidine rings is 1. The molecule has 0 radical (unpaired) electrons. The van der Waals surface area contributed by atoms with Crippen molar-refractivity contribution in [2.75, 3.05) is 13.1 Å². The Balaban J connectivity index is 1.44. The van der Waals surface area contributed by atoms with Gasteiger partial charge in [-0.1, -0.05) is 12.8 Å². The van der Waals surface area contributed by atoms with Crippen LogP contribution in [0.3, 0.4) is 0 Å². The van der Waals surface area contributed by atoms with Gasteiger partial charge in [0.2, 0.25) is 11.8 Å². The van der Waals surface area contributed by atoms with Crippen LogP contribution in [0.15, 0.2) is 5.10 Å². The van der Waals surface area contributed by atoms with Gasteiger partial charge in [0, 0.05) is 37.9 Å². The fraction of sp³-hybridized carbons (Fsp3) is 0.750. The number of hydrazone groups is 1. The van der Waals surface area contributed by atoms with Crippen LogP contribution < -0.4 is 10.7 Å². The fourth-order valence-corrected chi connectivity index (χ4v) is 3.58. The molecule has 2 aliphatic heterocycles. The molecule has 0 bridgehead atoms. The third-order valence-electron chi connectivity index (χ3n) is 5.01. The Kier molecular flexibility index (Phi) is 4.93. The summed E-state index contributed by atoms with van der Waals surface area (Å²) in [6.07, 6.45) is 6.65. The van der Waals surface area contributed by atoms with E-state index in [1.165, 1.54) is 12.8 Å². The highest BCUT2D eigenvalue weighted by Crippen LogP contribution is 2.27. The van der Waals surface area contributed by atoms with Gasteiger partial charge in [-0.15, -0.1) is 0 Å². The summed E-state index contributed by atoms with van der Waals surface area (Å²) in [5.74, 6) is 0.166. The molecule has 3 aliphatic rings. The topological polar surface area (TPSA) is 90.9 Å². The van der Waals surface area contributed by atoms with Crippen LogP contribution in [0.1, 0.15) is 51.4 Å². The number of amides is 3. The lowest BCUT2D eigenvalue weighted by Crippen LogP contribution is -2.49. The quantitative estimate of drug-likeness (QED) is 0.795. The minimum Gasteiger partial charge on any atom is -0.348 e. The molecular formula is C16H24N4O3. The van der Waals surface area contributed by atoms with Crippen molar-refractivity contribution in [2.45, 2.75) is 57.4 Å². The molecule has 0 spiro atoms. The minimum absolute atomic E-state index is 0.0791. The number of hydrogen-bond donors (Lipinski definition) is 2. The third-order valence-corrected chi connectivity index (χ3v) is 5.01. The average Bonchev–Trinajstić information content (AvgIpc) is 3.10. The van der Waals surface area contributed by atoms with Gasteiger partial charge in [0.25, 0.3) is 5.91 Å². The van der Waals surface area contributed by atoms with Gasteiger partial charge in [0.1, 0.15) is 5.71 Å². The lowest BCUT2D eigenvalue weighted by molar-refractivity contribution is -0.136. The second-order valence-corrected chi connectivity index (χ2v) is 6.65. The van der Waals surface area contributed by atoms with Gasteiger partial charge in [-0.25, -0.2) is 5.43 Å². The number of likely N-dealkylation sites (tertiary alicyclic amines) is 1. The maximum absolute atomic E-state index is 12.4. The summed E-state index contributed by atoms with van der Waals surface area (Å²) in [6, 6.07) is 0.0791. The average molecular weight is 320 g/mol. The predicted octanol–water partition coefficient (Wildman–Crippen LogP) is 0.550. The van der Waals surface area contributed by atoms with E-state index in [0.717, 1.165) is 25.7 Å². The summed E-state index contributed by atoms with van der Waals surface area (Å²) in [6.45, 7) is 1.42. The zero-order valence-corrected chi connectivity index (χ0v) is 13.3. The molecule has 2 fully saturated rings. The summed E-state index contributed by atoms with van der Waals surface area (Å²) in [4.78, 5) is 37.5.